The van der Waals surface area contributed by atoms with Crippen LogP contribution in [0.15, 0.2) is 0 Å². The van der Waals surface area contributed by atoms with Crippen LogP contribution >= 0.6 is 0 Å². The molecule has 1 saturated heterocycles. The van der Waals surface area contributed by atoms with Crippen LogP contribution in [0.25, 0.3) is 0 Å². The fourth-order valence-electron chi connectivity index (χ4n) is 3.99. The highest BCUT2D eigenvalue weighted by Crippen LogP contribution is 2.23. The molecule has 138 valence electrons. The van der Waals surface area contributed by atoms with Gasteiger partial charge in [-0.2, -0.15) is 0 Å². The van der Waals surface area contributed by atoms with Gasteiger partial charge in [-0.3, -0.25) is 14.7 Å². The van der Waals surface area contributed by atoms with Crippen molar-refractivity contribution in [3.05, 3.63) is 0 Å². The molecule has 3 nitrogen and oxygen atoms in total. The Morgan fingerprint density at radius 3 is 1.48 bits per heavy atom. The van der Waals surface area contributed by atoms with Gasteiger partial charge in [-0.25, -0.2) is 0 Å². The van der Waals surface area contributed by atoms with E-state index in [2.05, 4.69) is 56.2 Å². The van der Waals surface area contributed by atoms with Crippen LogP contribution in [0.2, 0.25) is 0 Å². The van der Waals surface area contributed by atoms with Crippen molar-refractivity contribution in [2.75, 3.05) is 20.0 Å². The second kappa shape index (κ2) is 11.4. The van der Waals surface area contributed by atoms with Gasteiger partial charge in [-0.15, -0.1) is 0 Å². The number of hydrogen-bond donors (Lipinski definition) is 0. The van der Waals surface area contributed by atoms with Gasteiger partial charge >= 0.3 is 0 Å². The first kappa shape index (κ1) is 20.9. The van der Waals surface area contributed by atoms with Gasteiger partial charge in [0, 0.05) is 18.1 Å². The van der Waals surface area contributed by atoms with Crippen LogP contribution in [0.4, 0.5) is 0 Å². The quantitative estimate of drug-likeness (QED) is 0.522. The molecular formula is C20H43N3. The summed E-state index contributed by atoms with van der Waals surface area (Å²) in [5.74, 6) is 0. The van der Waals surface area contributed by atoms with E-state index in [9.17, 15) is 0 Å². The highest BCUT2D eigenvalue weighted by Gasteiger charge is 2.32. The van der Waals surface area contributed by atoms with Crippen molar-refractivity contribution in [1.29, 1.82) is 0 Å². The minimum absolute atomic E-state index is 0.684. The summed E-state index contributed by atoms with van der Waals surface area (Å²) in [4.78, 5) is 8.25. The van der Waals surface area contributed by atoms with Crippen LogP contribution in [0.3, 0.4) is 0 Å². The van der Waals surface area contributed by atoms with Crippen molar-refractivity contribution in [2.24, 2.45) is 0 Å². The van der Waals surface area contributed by atoms with E-state index in [1.807, 2.05) is 0 Å². The maximum atomic E-state index is 2.78. The lowest BCUT2D eigenvalue weighted by Gasteiger charge is -2.49. The van der Waals surface area contributed by atoms with E-state index in [0.717, 1.165) is 18.8 Å². The van der Waals surface area contributed by atoms with Crippen molar-refractivity contribution < 1.29 is 0 Å². The molecule has 1 heterocycles. The Morgan fingerprint density at radius 2 is 1.04 bits per heavy atom. The Balaban J connectivity index is 2.86. The Kier molecular flexibility index (Phi) is 10.4. The molecule has 0 aliphatic carbocycles. The highest BCUT2D eigenvalue weighted by atomic mass is 15.5. The average molecular weight is 326 g/mol. The van der Waals surface area contributed by atoms with E-state index in [0.29, 0.717) is 6.04 Å². The fourth-order valence-corrected chi connectivity index (χ4v) is 3.99. The molecule has 1 rings (SSSR count). The van der Waals surface area contributed by atoms with Gasteiger partial charge in [0.05, 0.1) is 20.0 Å². The van der Waals surface area contributed by atoms with Gasteiger partial charge < -0.3 is 0 Å². The van der Waals surface area contributed by atoms with Crippen LogP contribution in [-0.2, 0) is 0 Å². The molecule has 0 aromatic rings. The topological polar surface area (TPSA) is 9.72 Å². The zero-order valence-corrected chi connectivity index (χ0v) is 16.9. The molecular weight excluding hydrogens is 282 g/mol. The molecule has 23 heavy (non-hydrogen) atoms. The predicted molar refractivity (Wildman–Crippen MR) is 102 cm³/mol. The first-order chi connectivity index (χ1) is 11.1. The molecule has 2 atom stereocenters. The summed E-state index contributed by atoms with van der Waals surface area (Å²) in [5.41, 5.74) is 0. The van der Waals surface area contributed by atoms with Crippen LogP contribution in [0.1, 0.15) is 92.9 Å². The van der Waals surface area contributed by atoms with Gasteiger partial charge in [0.1, 0.15) is 0 Å². The molecule has 0 N–H and O–H groups in total. The molecule has 0 amide bonds. The van der Waals surface area contributed by atoms with Crippen LogP contribution in [0.5, 0.6) is 0 Å². The van der Waals surface area contributed by atoms with Gasteiger partial charge in [0.2, 0.25) is 0 Å². The maximum Gasteiger partial charge on any atom is 0.0535 e. The third-order valence-electron chi connectivity index (χ3n) is 5.67. The molecule has 3 heteroatoms. The smallest absolute Gasteiger partial charge is 0.0535 e. The SMILES string of the molecule is CCCC(CC)N1CN(C(C)CC)CN(C(CCC)CCC)C1. The summed E-state index contributed by atoms with van der Waals surface area (Å²) in [7, 11) is 0. The fraction of sp³-hybridized carbons (Fsp3) is 1.00. The lowest BCUT2D eigenvalue weighted by molar-refractivity contribution is -0.0878. The van der Waals surface area contributed by atoms with E-state index in [-0.39, 0.29) is 0 Å². The number of hydrogen-bond acceptors (Lipinski definition) is 3. The van der Waals surface area contributed by atoms with E-state index >= 15 is 0 Å². The molecule has 0 spiro atoms. The standard InChI is InChI=1S/C20H43N3/c1-7-12-19(11-5)22-15-21(18(6)10-4)16-23(17-22)20(13-8-2)14-9-3/h18-20H,7-17H2,1-6H3. The predicted octanol–water partition coefficient (Wildman–Crippen LogP) is 5.12. The third kappa shape index (κ3) is 6.36. The highest BCUT2D eigenvalue weighted by molar-refractivity contribution is 4.82. The van der Waals surface area contributed by atoms with Gasteiger partial charge in [0.15, 0.2) is 0 Å². The Morgan fingerprint density at radius 1 is 0.609 bits per heavy atom. The second-order valence-electron chi connectivity index (χ2n) is 7.53. The largest absolute Gasteiger partial charge is 0.275 e. The lowest BCUT2D eigenvalue weighted by atomic mass is 10.0. The van der Waals surface area contributed by atoms with E-state index in [1.165, 1.54) is 64.7 Å². The minimum Gasteiger partial charge on any atom is -0.275 e. The molecule has 0 bridgehead atoms. The Bertz CT molecular complexity index is 289. The molecule has 1 aliphatic heterocycles. The Hall–Kier alpha value is -0.120. The minimum atomic E-state index is 0.684. The summed E-state index contributed by atoms with van der Waals surface area (Å²) in [5, 5.41) is 0. The number of rotatable bonds is 11. The summed E-state index contributed by atoms with van der Waals surface area (Å²) in [6.45, 7) is 17.6. The van der Waals surface area contributed by atoms with Crippen molar-refractivity contribution in [1.82, 2.24) is 14.7 Å². The van der Waals surface area contributed by atoms with E-state index in [4.69, 9.17) is 0 Å². The second-order valence-corrected chi connectivity index (χ2v) is 7.53. The van der Waals surface area contributed by atoms with Crippen molar-refractivity contribution >= 4 is 0 Å². The zero-order valence-electron chi connectivity index (χ0n) is 16.9. The summed E-state index contributed by atoms with van der Waals surface area (Å²) >= 11 is 0. The molecule has 0 radical (unpaired) electrons. The van der Waals surface area contributed by atoms with Gasteiger partial charge in [0.25, 0.3) is 0 Å². The van der Waals surface area contributed by atoms with Crippen LogP contribution in [0, 0.1) is 0 Å². The molecule has 1 fully saturated rings. The van der Waals surface area contributed by atoms with E-state index < -0.39 is 0 Å². The average Bonchev–Trinajstić information content (AvgIpc) is 2.58. The van der Waals surface area contributed by atoms with Gasteiger partial charge in [-0.1, -0.05) is 53.9 Å². The van der Waals surface area contributed by atoms with Crippen molar-refractivity contribution in [3.63, 3.8) is 0 Å². The van der Waals surface area contributed by atoms with Crippen LogP contribution in [-0.4, -0.2) is 52.8 Å². The molecule has 0 saturated carbocycles. The molecule has 2 unspecified atom stereocenters. The van der Waals surface area contributed by atoms with Gasteiger partial charge in [-0.05, 0) is 39.0 Å². The maximum absolute atomic E-state index is 2.78. The molecule has 1 aliphatic rings. The first-order valence-corrected chi connectivity index (χ1v) is 10.3. The third-order valence-corrected chi connectivity index (χ3v) is 5.67. The number of nitrogens with zero attached hydrogens (tertiary/aromatic N) is 3. The monoisotopic (exact) mass is 325 g/mol. The van der Waals surface area contributed by atoms with Crippen molar-refractivity contribution in [3.8, 4) is 0 Å². The summed E-state index contributed by atoms with van der Waals surface area (Å²) in [6.07, 6.45) is 10.5. The summed E-state index contributed by atoms with van der Waals surface area (Å²) < 4.78 is 0. The van der Waals surface area contributed by atoms with E-state index in [1.54, 1.807) is 0 Å². The molecule has 0 aromatic heterocycles. The normalized spacial score (nSPS) is 21.0. The van der Waals surface area contributed by atoms with Crippen LogP contribution < -0.4 is 0 Å². The van der Waals surface area contributed by atoms with Crippen molar-refractivity contribution in [2.45, 2.75) is 111 Å². The summed E-state index contributed by atoms with van der Waals surface area (Å²) in [6, 6.07) is 2.19. The first-order valence-electron chi connectivity index (χ1n) is 10.3. The lowest BCUT2D eigenvalue weighted by Crippen LogP contribution is -2.61. The Labute approximate surface area is 146 Å². The zero-order chi connectivity index (χ0) is 17.2. The molecule has 0 aromatic carbocycles.